The molecule has 0 saturated heterocycles. The maximum absolute atomic E-state index is 13.2. The Kier molecular flexibility index (Phi) is 5.26. The van der Waals surface area contributed by atoms with Gasteiger partial charge < -0.3 is 10.3 Å². The molecule has 8 nitrogen and oxygen atoms in total. The number of aryl methyl sites for hydroxylation is 2. The fourth-order valence-corrected chi connectivity index (χ4v) is 4.22. The van der Waals surface area contributed by atoms with Crippen LogP contribution in [-0.2, 0) is 17.6 Å². The lowest BCUT2D eigenvalue weighted by Gasteiger charge is -2.18. The zero-order valence-corrected chi connectivity index (χ0v) is 18.4. The second-order valence-corrected chi connectivity index (χ2v) is 8.20. The molecule has 0 aliphatic heterocycles. The molecule has 8 heteroatoms. The second kappa shape index (κ2) is 8.38. The molecule has 1 amide bonds. The van der Waals surface area contributed by atoms with E-state index in [2.05, 4.69) is 20.4 Å². The number of hydrogen-bond donors (Lipinski definition) is 3. The normalized spacial score (nSPS) is 12.3. The van der Waals surface area contributed by atoms with E-state index in [9.17, 15) is 9.59 Å². The molecule has 1 atom stereocenters. The standard InChI is InChI=1S/C25H24N6O2/c1-15-18(16(2)31-22(26-15)14-24(33)30-31)13-23(32)27-21(12-17-8-4-3-5-9-17)25-28-19-10-6-7-11-20(19)29-25/h3-11,14,21H,12-13H2,1-2H3,(H,27,32)(H,28,29)(H,30,33)/t21-/m0/s1. The summed E-state index contributed by atoms with van der Waals surface area (Å²) in [5, 5.41) is 5.89. The molecule has 3 aromatic heterocycles. The molecule has 0 fully saturated rings. The number of nitrogens with one attached hydrogen (secondary N) is 3. The van der Waals surface area contributed by atoms with E-state index in [1.165, 1.54) is 6.07 Å². The first kappa shape index (κ1) is 20.7. The van der Waals surface area contributed by atoms with Crippen LogP contribution in [-0.4, -0.2) is 30.5 Å². The average molecular weight is 441 g/mol. The van der Waals surface area contributed by atoms with Crippen molar-refractivity contribution in [3.63, 3.8) is 0 Å². The number of fused-ring (bicyclic) bond motifs is 2. The monoisotopic (exact) mass is 440 g/mol. The van der Waals surface area contributed by atoms with Crippen molar-refractivity contribution in [2.24, 2.45) is 0 Å². The van der Waals surface area contributed by atoms with E-state index in [1.807, 2.05) is 68.4 Å². The molecule has 166 valence electrons. The van der Waals surface area contributed by atoms with Gasteiger partial charge in [-0.2, -0.15) is 0 Å². The van der Waals surface area contributed by atoms with Gasteiger partial charge >= 0.3 is 0 Å². The summed E-state index contributed by atoms with van der Waals surface area (Å²) >= 11 is 0. The topological polar surface area (TPSA) is 108 Å². The number of aromatic amines is 2. The molecule has 0 saturated carbocycles. The smallest absolute Gasteiger partial charge is 0.266 e. The van der Waals surface area contributed by atoms with Crippen LogP contribution in [0, 0.1) is 13.8 Å². The maximum Gasteiger partial charge on any atom is 0.266 e. The summed E-state index contributed by atoms with van der Waals surface area (Å²) in [4.78, 5) is 37.5. The van der Waals surface area contributed by atoms with Gasteiger partial charge in [0.1, 0.15) is 5.82 Å². The minimum Gasteiger partial charge on any atom is -0.346 e. The van der Waals surface area contributed by atoms with Crippen molar-refractivity contribution < 1.29 is 4.79 Å². The molecule has 0 bridgehead atoms. The van der Waals surface area contributed by atoms with Crippen LogP contribution in [0.15, 0.2) is 65.5 Å². The predicted octanol–water partition coefficient (Wildman–Crippen LogP) is 3.16. The molecule has 5 rings (SSSR count). The first-order valence-corrected chi connectivity index (χ1v) is 10.8. The van der Waals surface area contributed by atoms with E-state index in [0.717, 1.165) is 33.5 Å². The third-order valence-corrected chi connectivity index (χ3v) is 5.90. The number of rotatable bonds is 6. The van der Waals surface area contributed by atoms with Crippen molar-refractivity contribution in [1.29, 1.82) is 0 Å². The number of para-hydroxylation sites is 2. The van der Waals surface area contributed by atoms with E-state index < -0.39 is 0 Å². The molecule has 3 heterocycles. The molecule has 0 aliphatic carbocycles. The number of carbonyl (C=O) groups excluding carboxylic acids is 1. The molecular weight excluding hydrogens is 416 g/mol. The molecule has 0 radical (unpaired) electrons. The van der Waals surface area contributed by atoms with Crippen molar-refractivity contribution >= 4 is 22.6 Å². The van der Waals surface area contributed by atoms with Crippen LogP contribution in [0.1, 0.15) is 34.4 Å². The van der Waals surface area contributed by atoms with E-state index in [0.29, 0.717) is 17.9 Å². The summed E-state index contributed by atoms with van der Waals surface area (Å²) in [5.41, 5.74) is 5.51. The number of nitrogens with zero attached hydrogens (tertiary/aromatic N) is 3. The van der Waals surface area contributed by atoms with Gasteiger partial charge in [0.05, 0.1) is 23.5 Å². The van der Waals surface area contributed by atoms with Crippen molar-refractivity contribution in [2.45, 2.75) is 32.7 Å². The van der Waals surface area contributed by atoms with Crippen molar-refractivity contribution in [3.8, 4) is 0 Å². The highest BCUT2D eigenvalue weighted by Crippen LogP contribution is 2.21. The van der Waals surface area contributed by atoms with Gasteiger partial charge in [0.2, 0.25) is 5.91 Å². The third kappa shape index (κ3) is 4.15. The summed E-state index contributed by atoms with van der Waals surface area (Å²) in [6.45, 7) is 3.73. The zero-order chi connectivity index (χ0) is 22.9. The first-order valence-electron chi connectivity index (χ1n) is 10.8. The van der Waals surface area contributed by atoms with Gasteiger partial charge in [-0.1, -0.05) is 42.5 Å². The Labute approximate surface area is 189 Å². The highest BCUT2D eigenvalue weighted by Gasteiger charge is 2.21. The lowest BCUT2D eigenvalue weighted by atomic mass is 10.0. The van der Waals surface area contributed by atoms with Crippen LogP contribution in [0.2, 0.25) is 0 Å². The predicted molar refractivity (Wildman–Crippen MR) is 126 cm³/mol. The highest BCUT2D eigenvalue weighted by molar-refractivity contribution is 5.80. The van der Waals surface area contributed by atoms with Crippen molar-refractivity contribution in [3.05, 3.63) is 99.4 Å². The summed E-state index contributed by atoms with van der Waals surface area (Å²) in [6, 6.07) is 19.0. The van der Waals surface area contributed by atoms with Crippen molar-refractivity contribution in [2.75, 3.05) is 0 Å². The summed E-state index contributed by atoms with van der Waals surface area (Å²) in [6.07, 6.45) is 0.749. The van der Waals surface area contributed by atoms with Crippen LogP contribution in [0.4, 0.5) is 0 Å². The second-order valence-electron chi connectivity index (χ2n) is 8.20. The molecule has 0 aliphatic rings. The van der Waals surface area contributed by atoms with E-state index in [4.69, 9.17) is 4.98 Å². The number of imidazole rings is 1. The first-order chi connectivity index (χ1) is 16.0. The molecule has 33 heavy (non-hydrogen) atoms. The van der Waals surface area contributed by atoms with Crippen LogP contribution in [0.25, 0.3) is 16.7 Å². The highest BCUT2D eigenvalue weighted by atomic mass is 16.1. The van der Waals surface area contributed by atoms with Gasteiger partial charge in [-0.25, -0.2) is 14.5 Å². The minimum absolute atomic E-state index is 0.141. The lowest BCUT2D eigenvalue weighted by molar-refractivity contribution is -0.121. The van der Waals surface area contributed by atoms with Gasteiger partial charge in [0, 0.05) is 23.0 Å². The number of H-pyrrole nitrogens is 2. The third-order valence-electron chi connectivity index (χ3n) is 5.90. The molecule has 3 N–H and O–H groups in total. The quantitative estimate of drug-likeness (QED) is 0.377. The molecule has 2 aromatic carbocycles. The van der Waals surface area contributed by atoms with Gasteiger partial charge in [0.15, 0.2) is 5.65 Å². The van der Waals surface area contributed by atoms with E-state index >= 15 is 0 Å². The molecular formula is C25H24N6O2. The molecule has 0 unspecified atom stereocenters. The number of carbonyl (C=O) groups is 1. The summed E-state index contributed by atoms with van der Waals surface area (Å²) in [7, 11) is 0. The van der Waals surface area contributed by atoms with Crippen LogP contribution in [0.5, 0.6) is 0 Å². The number of amides is 1. The lowest BCUT2D eigenvalue weighted by Crippen LogP contribution is -2.32. The average Bonchev–Trinajstić information content (AvgIpc) is 3.40. The Morgan fingerprint density at radius 1 is 1.06 bits per heavy atom. The van der Waals surface area contributed by atoms with E-state index in [1.54, 1.807) is 4.52 Å². The fraction of sp³-hybridized carbons (Fsp3) is 0.200. The van der Waals surface area contributed by atoms with Crippen LogP contribution >= 0.6 is 0 Å². The summed E-state index contributed by atoms with van der Waals surface area (Å²) in [5.74, 6) is 0.573. The zero-order valence-electron chi connectivity index (χ0n) is 18.4. The minimum atomic E-state index is -0.323. The Balaban J connectivity index is 1.44. The van der Waals surface area contributed by atoms with Gasteiger partial charge in [-0.05, 0) is 38.0 Å². The van der Waals surface area contributed by atoms with Crippen LogP contribution in [0.3, 0.4) is 0 Å². The summed E-state index contributed by atoms with van der Waals surface area (Å²) < 4.78 is 1.62. The van der Waals surface area contributed by atoms with Crippen molar-refractivity contribution in [1.82, 2.24) is 29.9 Å². The van der Waals surface area contributed by atoms with Gasteiger partial charge in [-0.3, -0.25) is 14.7 Å². The maximum atomic E-state index is 13.2. The number of benzene rings is 2. The largest absolute Gasteiger partial charge is 0.346 e. The molecule has 0 spiro atoms. The van der Waals surface area contributed by atoms with Crippen LogP contribution < -0.4 is 10.9 Å². The fourth-order valence-electron chi connectivity index (χ4n) is 4.22. The van der Waals surface area contributed by atoms with E-state index in [-0.39, 0.29) is 23.9 Å². The Morgan fingerprint density at radius 3 is 2.61 bits per heavy atom. The van der Waals surface area contributed by atoms with Gasteiger partial charge in [0.25, 0.3) is 5.56 Å². The Bertz CT molecular complexity index is 1480. The molecule has 5 aromatic rings. The Hall–Kier alpha value is -4.20. The van der Waals surface area contributed by atoms with Gasteiger partial charge in [-0.15, -0.1) is 0 Å². The number of aromatic nitrogens is 5. The Morgan fingerprint density at radius 2 is 1.82 bits per heavy atom. The number of hydrogen-bond acceptors (Lipinski definition) is 4. The SMILES string of the molecule is Cc1nc2cc(=O)[nH]n2c(C)c1CC(=O)N[C@@H](Cc1ccccc1)c1nc2ccccc2[nH]1.